The van der Waals surface area contributed by atoms with Gasteiger partial charge >= 0.3 is 0 Å². The summed E-state index contributed by atoms with van der Waals surface area (Å²) in [6.45, 7) is 13.0. The Morgan fingerprint density at radius 2 is 1.00 bits per heavy atom. The number of hydrogen-bond donors (Lipinski definition) is 2. The Labute approximate surface area is 177 Å². The zero-order chi connectivity index (χ0) is 21.3. The summed E-state index contributed by atoms with van der Waals surface area (Å²) < 4.78 is 11.9. The number of allylic oxidation sites excluding steroid dienone is 2. The van der Waals surface area contributed by atoms with Crippen LogP contribution < -0.4 is 11.0 Å². The van der Waals surface area contributed by atoms with Gasteiger partial charge in [-0.15, -0.1) is 0 Å². The molecule has 0 aliphatic carbocycles. The van der Waals surface area contributed by atoms with Gasteiger partial charge in [-0.05, 0) is 56.8 Å². The van der Waals surface area contributed by atoms with E-state index in [2.05, 4.69) is 86.7 Å². The van der Waals surface area contributed by atoms with Gasteiger partial charge in [-0.1, -0.05) is 72.8 Å². The first-order valence-electron chi connectivity index (χ1n) is 10.0. The van der Waals surface area contributed by atoms with Crippen LogP contribution in [-0.4, -0.2) is 16.6 Å². The smallest absolute Gasteiger partial charge is 0.220 e. The van der Waals surface area contributed by atoms with Crippen LogP contribution in [0.3, 0.4) is 0 Å². The molecule has 2 aromatic rings. The number of hydrogen-bond acceptors (Lipinski definition) is 4. The zero-order valence-corrected chi connectivity index (χ0v) is 20.5. The largest absolute Gasteiger partial charge is 0.323 e. The molecule has 0 aliphatic heterocycles. The maximum absolute atomic E-state index is 5.95. The second kappa shape index (κ2) is 10.6. The minimum atomic E-state index is -1.70. The van der Waals surface area contributed by atoms with Crippen molar-refractivity contribution in [2.24, 2.45) is 0 Å². The summed E-state index contributed by atoms with van der Waals surface area (Å²) >= 11 is 0. The van der Waals surface area contributed by atoms with Crippen LogP contribution in [0, 0.1) is 0 Å². The summed E-state index contributed by atoms with van der Waals surface area (Å²) in [6.07, 6.45) is 5.03. The Morgan fingerprint density at radius 1 is 0.655 bits per heavy atom. The molecule has 0 aliphatic rings. The minimum absolute atomic E-state index is 0.735. The van der Waals surface area contributed by atoms with Gasteiger partial charge in [-0.3, -0.25) is 11.0 Å². The summed E-state index contributed by atoms with van der Waals surface area (Å²) in [5, 5.41) is 0. The predicted molar refractivity (Wildman–Crippen MR) is 129 cm³/mol. The van der Waals surface area contributed by atoms with Crippen LogP contribution in [0.25, 0.3) is 11.4 Å². The van der Waals surface area contributed by atoms with Crippen LogP contribution >= 0.6 is 0 Å². The van der Waals surface area contributed by atoms with Crippen LogP contribution in [0.1, 0.15) is 17.5 Å². The highest BCUT2D eigenvalue weighted by Crippen LogP contribution is 2.17. The fourth-order valence-corrected chi connectivity index (χ4v) is 3.22. The topological polar surface area (TPSA) is 42.5 Å². The lowest BCUT2D eigenvalue weighted by atomic mass is 10.1. The van der Waals surface area contributed by atoms with E-state index in [9.17, 15) is 0 Å². The Balaban J connectivity index is 2.23. The fourth-order valence-electron chi connectivity index (χ4n) is 2.38. The quantitative estimate of drug-likeness (QED) is 0.352. The van der Waals surface area contributed by atoms with E-state index in [0.717, 1.165) is 28.9 Å². The monoisotopic (exact) mass is 426 g/mol. The third-order valence-electron chi connectivity index (χ3n) is 3.75. The first-order valence-corrected chi connectivity index (χ1v) is 16.8. The average Bonchev–Trinajstić information content (AvgIpc) is 2.66. The second-order valence-electron chi connectivity index (χ2n) is 8.84. The molecular formula is C23H34N2O2Si2. The molecule has 2 aromatic carbocycles. The van der Waals surface area contributed by atoms with Crippen LogP contribution in [-0.2, 0) is 9.05 Å². The Kier molecular flexibility index (Phi) is 8.46. The summed E-state index contributed by atoms with van der Waals surface area (Å²) in [4.78, 5) is 0. The van der Waals surface area contributed by atoms with E-state index in [1.165, 1.54) is 0 Å². The van der Waals surface area contributed by atoms with Crippen molar-refractivity contribution in [3.63, 3.8) is 0 Å². The highest BCUT2D eigenvalue weighted by molar-refractivity contribution is 6.70. The van der Waals surface area contributed by atoms with Crippen molar-refractivity contribution >= 4 is 28.0 Å². The standard InChI is InChI=1S/C23H34N2O2Si2/c1-28(2,3)26-24-22(20-14-9-7-10-15-20)18-13-19-23(25-27-29(4,5)6)21-16-11-8-12-17-21/h7-12,14-19,24-25H,13H2,1-6H3. The molecule has 0 amide bonds. The van der Waals surface area contributed by atoms with Crippen molar-refractivity contribution in [1.82, 2.24) is 11.0 Å². The maximum atomic E-state index is 5.95. The second-order valence-corrected chi connectivity index (χ2v) is 17.7. The minimum Gasteiger partial charge on any atom is -0.323 e. The number of rotatable bonds is 10. The molecule has 0 saturated carbocycles. The number of hydroxylamine groups is 2. The zero-order valence-electron chi connectivity index (χ0n) is 18.5. The molecule has 0 aromatic heterocycles. The molecule has 156 valence electrons. The van der Waals surface area contributed by atoms with Crippen molar-refractivity contribution in [3.05, 3.63) is 83.9 Å². The Hall–Kier alpha value is -2.13. The van der Waals surface area contributed by atoms with Gasteiger partial charge in [0, 0.05) is 0 Å². The highest BCUT2D eigenvalue weighted by atomic mass is 28.4. The number of nitrogens with one attached hydrogen (secondary N) is 2. The Morgan fingerprint density at radius 3 is 1.31 bits per heavy atom. The van der Waals surface area contributed by atoms with Gasteiger partial charge in [0.1, 0.15) is 0 Å². The maximum Gasteiger partial charge on any atom is 0.220 e. The molecular weight excluding hydrogens is 392 g/mol. The fraction of sp³-hybridized carbons (Fsp3) is 0.304. The highest BCUT2D eigenvalue weighted by Gasteiger charge is 2.17. The molecule has 0 fully saturated rings. The lowest BCUT2D eigenvalue weighted by molar-refractivity contribution is 0.244. The van der Waals surface area contributed by atoms with E-state index >= 15 is 0 Å². The molecule has 2 N–H and O–H groups in total. The van der Waals surface area contributed by atoms with E-state index in [1.807, 2.05) is 36.4 Å². The molecule has 0 heterocycles. The van der Waals surface area contributed by atoms with Crippen molar-refractivity contribution in [3.8, 4) is 0 Å². The Bertz CT molecular complexity index is 739. The van der Waals surface area contributed by atoms with Crippen LogP contribution in [0.2, 0.25) is 39.3 Å². The molecule has 4 nitrogen and oxygen atoms in total. The SMILES string of the molecule is C[Si](C)(C)ONC(=CCC=C(NO[Si](C)(C)C)c1ccccc1)c1ccccc1. The normalized spacial score (nSPS) is 13.3. The lowest BCUT2D eigenvalue weighted by Crippen LogP contribution is -2.33. The lowest BCUT2D eigenvalue weighted by Gasteiger charge is -2.21. The molecule has 0 bridgehead atoms. The molecule has 0 unspecified atom stereocenters. The van der Waals surface area contributed by atoms with Crippen molar-refractivity contribution in [1.29, 1.82) is 0 Å². The average molecular weight is 427 g/mol. The van der Waals surface area contributed by atoms with Gasteiger partial charge in [-0.2, -0.15) is 0 Å². The van der Waals surface area contributed by atoms with Crippen molar-refractivity contribution < 1.29 is 9.05 Å². The van der Waals surface area contributed by atoms with Gasteiger partial charge in [0.25, 0.3) is 0 Å². The molecule has 0 radical (unpaired) electrons. The first-order chi connectivity index (χ1) is 13.6. The summed E-state index contributed by atoms with van der Waals surface area (Å²) in [5.74, 6) is 0. The van der Waals surface area contributed by atoms with E-state index in [0.29, 0.717) is 0 Å². The summed E-state index contributed by atoms with van der Waals surface area (Å²) in [7, 11) is -3.39. The van der Waals surface area contributed by atoms with Gasteiger partial charge in [0.05, 0.1) is 11.4 Å². The third-order valence-corrected chi connectivity index (χ3v) is 5.18. The van der Waals surface area contributed by atoms with Crippen LogP contribution in [0.5, 0.6) is 0 Å². The summed E-state index contributed by atoms with van der Waals surface area (Å²) in [6, 6.07) is 20.5. The van der Waals surface area contributed by atoms with E-state index in [4.69, 9.17) is 9.05 Å². The summed E-state index contributed by atoms with van der Waals surface area (Å²) in [5.41, 5.74) is 10.5. The van der Waals surface area contributed by atoms with Gasteiger partial charge in [-0.25, -0.2) is 0 Å². The van der Waals surface area contributed by atoms with E-state index in [1.54, 1.807) is 0 Å². The first kappa shape index (κ1) is 23.2. The predicted octanol–water partition coefficient (Wildman–Crippen LogP) is 6.17. The van der Waals surface area contributed by atoms with Gasteiger partial charge < -0.3 is 9.05 Å². The molecule has 0 atom stereocenters. The molecule has 29 heavy (non-hydrogen) atoms. The molecule has 0 saturated heterocycles. The van der Waals surface area contributed by atoms with E-state index < -0.39 is 16.6 Å². The van der Waals surface area contributed by atoms with Gasteiger partial charge in [0.2, 0.25) is 16.6 Å². The van der Waals surface area contributed by atoms with Crippen molar-refractivity contribution in [2.75, 3.05) is 0 Å². The van der Waals surface area contributed by atoms with Crippen LogP contribution in [0.4, 0.5) is 0 Å². The number of benzene rings is 2. The van der Waals surface area contributed by atoms with Gasteiger partial charge in [0.15, 0.2) is 0 Å². The molecule has 6 heteroatoms. The van der Waals surface area contributed by atoms with Crippen LogP contribution in [0.15, 0.2) is 72.8 Å². The molecule has 2 rings (SSSR count). The third kappa shape index (κ3) is 9.28. The molecule has 0 spiro atoms. The van der Waals surface area contributed by atoms with E-state index in [-0.39, 0.29) is 0 Å². The van der Waals surface area contributed by atoms with Crippen molar-refractivity contribution in [2.45, 2.75) is 45.7 Å².